The van der Waals surface area contributed by atoms with Gasteiger partial charge >= 0.3 is 26.8 Å². The van der Waals surface area contributed by atoms with Crippen molar-refractivity contribution in [2.45, 2.75) is 0 Å². The first-order valence-electron chi connectivity index (χ1n) is 4.55. The van der Waals surface area contributed by atoms with Crippen molar-refractivity contribution in [3.8, 4) is 18.0 Å². The number of hydrogen-bond donors (Lipinski definition) is 3. The van der Waals surface area contributed by atoms with Crippen LogP contribution in [0.3, 0.4) is 0 Å². The highest BCUT2D eigenvalue weighted by molar-refractivity contribution is 6.66. The van der Waals surface area contributed by atoms with E-state index in [1.165, 1.54) is 0 Å². The fraction of sp³-hybridized carbons (Fsp3) is 0.375. The van der Waals surface area contributed by atoms with E-state index < -0.39 is 26.8 Å². The molecule has 18 heavy (non-hydrogen) atoms. The molecule has 0 saturated carbocycles. The molecule has 0 radical (unpaired) electrons. The van der Waals surface area contributed by atoms with E-state index in [4.69, 9.17) is 28.6 Å². The molecular formula is C8H15N3O6Si. The molecule has 0 amide bonds. The van der Waals surface area contributed by atoms with Crippen molar-refractivity contribution in [2.75, 3.05) is 21.3 Å². The molecule has 0 aliphatic heterocycles. The molecule has 3 N–H and O–H groups in total. The third-order valence-corrected chi connectivity index (χ3v) is 3.91. The smallest absolute Gasteiger partial charge is 0.479 e. The summed E-state index contributed by atoms with van der Waals surface area (Å²) in [6.07, 6.45) is 0. The normalized spacial score (nSPS) is 10.4. The van der Waals surface area contributed by atoms with E-state index in [0.29, 0.717) is 0 Å². The zero-order valence-corrected chi connectivity index (χ0v) is 11.2. The zero-order chi connectivity index (χ0) is 14.2. The van der Waals surface area contributed by atoms with Crippen LogP contribution in [-0.2, 0) is 13.3 Å². The van der Waals surface area contributed by atoms with E-state index in [2.05, 4.69) is 21.5 Å². The van der Waals surface area contributed by atoms with Crippen molar-refractivity contribution in [2.24, 2.45) is 0 Å². The van der Waals surface area contributed by atoms with Crippen LogP contribution in [0.15, 0.2) is 12.3 Å². The first kappa shape index (κ1) is 16.2. The summed E-state index contributed by atoms with van der Waals surface area (Å²) in [7, 11) is 2.20. The Hall–Kier alpha value is -1.75. The van der Waals surface area contributed by atoms with Gasteiger partial charge in [-0.15, -0.1) is 15.0 Å². The average Bonchev–Trinajstić information content (AvgIpc) is 2.32. The van der Waals surface area contributed by atoms with Crippen LogP contribution in [0, 0.1) is 0 Å². The summed E-state index contributed by atoms with van der Waals surface area (Å²) in [5, 5.41) is 25.2. The van der Waals surface area contributed by atoms with Gasteiger partial charge in [0.25, 0.3) is 0 Å². The largest absolute Gasteiger partial charge is 0.528 e. The first-order valence-corrected chi connectivity index (χ1v) is 6.35. The van der Waals surface area contributed by atoms with E-state index in [9.17, 15) is 0 Å². The molecule has 0 bridgehead atoms. The molecule has 0 aliphatic carbocycles. The lowest BCUT2D eigenvalue weighted by atomic mass is 10.9. The fourth-order valence-corrected chi connectivity index (χ4v) is 1.84. The lowest BCUT2D eigenvalue weighted by molar-refractivity contribution is 0.138. The molecule has 0 fully saturated rings. The highest BCUT2D eigenvalue weighted by Gasteiger charge is 2.33. The summed E-state index contributed by atoms with van der Waals surface area (Å²) in [5.41, 5.74) is 1.58. The Morgan fingerprint density at radius 3 is 1.28 bits per heavy atom. The number of hydrogen-bond acceptors (Lipinski definition) is 9. The molecule has 1 heterocycles. The van der Waals surface area contributed by atoms with E-state index in [0.717, 1.165) is 0 Å². The Kier molecular flexibility index (Phi) is 6.81. The molecule has 10 heteroatoms. The molecule has 0 atom stereocenters. The highest BCUT2D eigenvalue weighted by Crippen LogP contribution is 2.08. The summed E-state index contributed by atoms with van der Waals surface area (Å²) >= 11 is 0. The topological polar surface area (TPSA) is 127 Å². The highest BCUT2D eigenvalue weighted by atomic mass is 28.4. The predicted octanol–water partition coefficient (Wildman–Crippen LogP) is -0.422. The van der Waals surface area contributed by atoms with Crippen LogP contribution in [0.5, 0.6) is 18.0 Å². The third kappa shape index (κ3) is 5.05. The molecule has 1 aromatic rings. The molecule has 0 aliphatic rings. The Balaban J connectivity index is 0.000000321. The van der Waals surface area contributed by atoms with Crippen LogP contribution in [0.2, 0.25) is 0 Å². The van der Waals surface area contributed by atoms with Crippen LogP contribution in [0.4, 0.5) is 0 Å². The Morgan fingerprint density at radius 1 is 0.889 bits per heavy atom. The monoisotopic (exact) mass is 277 g/mol. The van der Waals surface area contributed by atoms with Crippen molar-refractivity contribution in [1.82, 2.24) is 15.0 Å². The predicted molar refractivity (Wildman–Crippen MR) is 61.8 cm³/mol. The van der Waals surface area contributed by atoms with Crippen molar-refractivity contribution < 1.29 is 28.6 Å². The molecule has 0 saturated heterocycles. The minimum atomic E-state index is -2.43. The van der Waals surface area contributed by atoms with E-state index in [1.54, 1.807) is 27.0 Å². The standard InChI is InChI=1S/C5H12O3Si.C3H3N3O3/c1-5-9(6-2,7-3)8-4;7-1-4-2(8)6-3(9)5-1/h5H,1H2,2-4H3;(H3,4,5,6,7,8,9). The first-order chi connectivity index (χ1) is 8.42. The van der Waals surface area contributed by atoms with E-state index in [-0.39, 0.29) is 0 Å². The van der Waals surface area contributed by atoms with Gasteiger partial charge in [0.15, 0.2) is 0 Å². The van der Waals surface area contributed by atoms with Gasteiger partial charge in [0, 0.05) is 21.3 Å². The second-order valence-corrected chi connectivity index (χ2v) is 5.50. The molecule has 9 nitrogen and oxygen atoms in total. The molecule has 1 aromatic heterocycles. The van der Waals surface area contributed by atoms with Gasteiger partial charge in [0.05, 0.1) is 0 Å². The second kappa shape index (κ2) is 7.55. The van der Waals surface area contributed by atoms with Gasteiger partial charge in [0.2, 0.25) is 0 Å². The quantitative estimate of drug-likeness (QED) is 0.628. The van der Waals surface area contributed by atoms with Gasteiger partial charge in [-0.25, -0.2) is 0 Å². The molecular weight excluding hydrogens is 262 g/mol. The lowest BCUT2D eigenvalue weighted by Crippen LogP contribution is -2.40. The van der Waals surface area contributed by atoms with Gasteiger partial charge in [-0.1, -0.05) is 6.58 Å². The molecule has 1 rings (SSSR count). The number of nitrogens with zero attached hydrogens (tertiary/aromatic N) is 3. The lowest BCUT2D eigenvalue weighted by Gasteiger charge is -2.19. The maximum absolute atomic E-state index is 8.41. The Morgan fingerprint density at radius 2 is 1.17 bits per heavy atom. The molecule has 0 spiro atoms. The van der Waals surface area contributed by atoms with Crippen LogP contribution < -0.4 is 0 Å². The molecule has 0 unspecified atom stereocenters. The summed E-state index contributed by atoms with van der Waals surface area (Å²) in [6.45, 7) is 3.53. The van der Waals surface area contributed by atoms with Gasteiger partial charge in [-0.05, 0) is 5.70 Å². The van der Waals surface area contributed by atoms with Crippen molar-refractivity contribution >= 4 is 8.80 Å². The van der Waals surface area contributed by atoms with Gasteiger partial charge in [-0.2, -0.15) is 0 Å². The third-order valence-electron chi connectivity index (χ3n) is 1.70. The Bertz CT molecular complexity index is 328. The zero-order valence-electron chi connectivity index (χ0n) is 10.2. The van der Waals surface area contributed by atoms with Crippen LogP contribution >= 0.6 is 0 Å². The van der Waals surface area contributed by atoms with Gasteiger partial charge < -0.3 is 28.6 Å². The van der Waals surface area contributed by atoms with E-state index in [1.807, 2.05) is 0 Å². The number of rotatable bonds is 4. The summed E-state index contributed by atoms with van der Waals surface area (Å²) < 4.78 is 14.9. The van der Waals surface area contributed by atoms with Crippen LogP contribution in [-0.4, -0.2) is 60.4 Å². The van der Waals surface area contributed by atoms with Gasteiger partial charge in [0.1, 0.15) is 0 Å². The number of aromatic nitrogens is 3. The number of aromatic hydroxyl groups is 3. The minimum absolute atomic E-state index is 0.708. The van der Waals surface area contributed by atoms with Crippen LogP contribution in [0.25, 0.3) is 0 Å². The van der Waals surface area contributed by atoms with Crippen molar-refractivity contribution in [3.05, 3.63) is 12.3 Å². The van der Waals surface area contributed by atoms with E-state index >= 15 is 0 Å². The van der Waals surface area contributed by atoms with Crippen molar-refractivity contribution in [1.29, 1.82) is 0 Å². The molecule has 102 valence electrons. The summed E-state index contributed by atoms with van der Waals surface area (Å²) in [6, 6.07) is -2.12. The molecule has 0 aromatic carbocycles. The fourth-order valence-electron chi connectivity index (χ4n) is 0.843. The maximum Gasteiger partial charge on any atom is 0.528 e. The summed E-state index contributed by atoms with van der Waals surface area (Å²) in [4.78, 5) is 8.89. The Labute approximate surface area is 105 Å². The SMILES string of the molecule is C=C[Si](OC)(OC)OC.Oc1nc(O)nc(O)n1. The second-order valence-electron chi connectivity index (χ2n) is 2.66. The van der Waals surface area contributed by atoms with Gasteiger partial charge in [-0.3, -0.25) is 0 Å². The maximum atomic E-state index is 8.41. The van der Waals surface area contributed by atoms with Crippen molar-refractivity contribution in [3.63, 3.8) is 0 Å². The minimum Gasteiger partial charge on any atom is -0.479 e. The average molecular weight is 277 g/mol. The van der Waals surface area contributed by atoms with Crippen LogP contribution in [0.1, 0.15) is 0 Å². The summed E-state index contributed by atoms with van der Waals surface area (Å²) in [5.74, 6) is 0.